The van der Waals surface area contributed by atoms with Crippen LogP contribution in [0.1, 0.15) is 60.4 Å². The zero-order valence-electron chi connectivity index (χ0n) is 18.3. The maximum absolute atomic E-state index is 6.37. The number of hydrogen-bond acceptors (Lipinski definition) is 7. The van der Waals surface area contributed by atoms with Gasteiger partial charge in [-0.25, -0.2) is 15.0 Å². The molecule has 31 heavy (non-hydrogen) atoms. The van der Waals surface area contributed by atoms with E-state index >= 15 is 0 Å². The summed E-state index contributed by atoms with van der Waals surface area (Å²) < 4.78 is 7.82. The van der Waals surface area contributed by atoms with E-state index in [0.29, 0.717) is 30.7 Å². The standard InChI is InChI=1S/C22H28ClN7O/c1-13-14(2)26-21-20(25-13)19(15-4-6-17(23)7-5-15)27-22(28-21)30-8-9-31-18(12-30)16-10-24-29(3)11-16/h10-11,15,17-18H,4-9,12H2,1-3H3/t15-,17-,18-/m1/s1. The van der Waals surface area contributed by atoms with Crippen molar-refractivity contribution in [2.24, 2.45) is 7.05 Å². The third kappa shape index (κ3) is 4.11. The fourth-order valence-corrected chi connectivity index (χ4v) is 4.76. The van der Waals surface area contributed by atoms with Crippen LogP contribution in [0.5, 0.6) is 0 Å². The number of morpholine rings is 1. The minimum absolute atomic E-state index is 0.0530. The van der Waals surface area contributed by atoms with Gasteiger partial charge >= 0.3 is 0 Å². The number of halogens is 1. The SMILES string of the molecule is Cc1nc2nc(N3CCO[C@@H](c4cnn(C)c4)C3)nc([C@H]3CC[C@H](Cl)CC3)c2nc1C. The van der Waals surface area contributed by atoms with Gasteiger partial charge in [-0.05, 0) is 39.5 Å². The summed E-state index contributed by atoms with van der Waals surface area (Å²) in [5.41, 5.74) is 5.44. The van der Waals surface area contributed by atoms with Gasteiger partial charge in [0.15, 0.2) is 5.65 Å². The van der Waals surface area contributed by atoms with Gasteiger partial charge in [-0.3, -0.25) is 4.68 Å². The van der Waals surface area contributed by atoms with Crippen LogP contribution < -0.4 is 4.90 Å². The molecule has 1 saturated carbocycles. The number of fused-ring (bicyclic) bond motifs is 1. The highest BCUT2D eigenvalue weighted by Crippen LogP contribution is 2.37. The first kappa shape index (κ1) is 20.6. The van der Waals surface area contributed by atoms with Crippen LogP contribution in [0.25, 0.3) is 11.2 Å². The highest BCUT2D eigenvalue weighted by molar-refractivity contribution is 6.20. The van der Waals surface area contributed by atoms with Crippen LogP contribution in [0.4, 0.5) is 5.95 Å². The molecule has 1 aliphatic heterocycles. The van der Waals surface area contributed by atoms with Gasteiger partial charge in [0.25, 0.3) is 0 Å². The van der Waals surface area contributed by atoms with Gasteiger partial charge in [0, 0.05) is 36.6 Å². The van der Waals surface area contributed by atoms with E-state index in [4.69, 9.17) is 36.3 Å². The van der Waals surface area contributed by atoms with E-state index < -0.39 is 0 Å². The van der Waals surface area contributed by atoms with Crippen molar-refractivity contribution in [3.8, 4) is 0 Å². The van der Waals surface area contributed by atoms with E-state index in [1.807, 2.05) is 33.3 Å². The topological polar surface area (TPSA) is 81.9 Å². The van der Waals surface area contributed by atoms with E-state index in [9.17, 15) is 0 Å². The van der Waals surface area contributed by atoms with Gasteiger partial charge in [-0.15, -0.1) is 11.6 Å². The first-order valence-corrected chi connectivity index (χ1v) is 11.4. The molecule has 0 N–H and O–H groups in total. The summed E-state index contributed by atoms with van der Waals surface area (Å²) >= 11 is 6.37. The Hall–Kier alpha value is -2.32. The quantitative estimate of drug-likeness (QED) is 0.574. The normalized spacial score (nSPS) is 24.6. The molecule has 1 aliphatic carbocycles. The van der Waals surface area contributed by atoms with E-state index in [2.05, 4.69) is 10.00 Å². The van der Waals surface area contributed by atoms with Gasteiger partial charge < -0.3 is 9.64 Å². The van der Waals surface area contributed by atoms with Gasteiger partial charge in [0.05, 0.1) is 36.4 Å². The second-order valence-corrected chi connectivity index (χ2v) is 9.29. The number of nitrogens with zero attached hydrogens (tertiary/aromatic N) is 7. The Bertz CT molecular complexity index is 1090. The van der Waals surface area contributed by atoms with E-state index in [1.165, 1.54) is 0 Å². The summed E-state index contributed by atoms with van der Waals surface area (Å²) in [7, 11) is 1.92. The zero-order chi connectivity index (χ0) is 21.5. The summed E-state index contributed by atoms with van der Waals surface area (Å²) in [5, 5.41) is 4.55. The Morgan fingerprint density at radius 3 is 2.55 bits per heavy atom. The number of ether oxygens (including phenoxy) is 1. The fourth-order valence-electron chi connectivity index (χ4n) is 4.51. The molecule has 3 aromatic heterocycles. The molecule has 0 spiro atoms. The van der Waals surface area contributed by atoms with Crippen LogP contribution in [-0.4, -0.2) is 54.8 Å². The summed E-state index contributed by atoms with van der Waals surface area (Å²) in [6.07, 6.45) is 7.87. The Kier molecular flexibility index (Phi) is 5.52. The molecule has 0 bridgehead atoms. The van der Waals surface area contributed by atoms with Crippen LogP contribution in [0, 0.1) is 13.8 Å². The van der Waals surface area contributed by atoms with Crippen molar-refractivity contribution >= 4 is 28.7 Å². The summed E-state index contributed by atoms with van der Waals surface area (Å²) in [4.78, 5) is 21.7. The molecule has 164 valence electrons. The number of aromatic nitrogens is 6. The minimum atomic E-state index is -0.0530. The highest BCUT2D eigenvalue weighted by atomic mass is 35.5. The van der Waals surface area contributed by atoms with Crippen molar-refractivity contribution in [3.05, 3.63) is 35.0 Å². The molecule has 3 aromatic rings. The number of aryl methyl sites for hydroxylation is 3. The van der Waals surface area contributed by atoms with Crippen LogP contribution in [-0.2, 0) is 11.8 Å². The lowest BCUT2D eigenvalue weighted by atomic mass is 9.86. The third-order valence-electron chi connectivity index (χ3n) is 6.45. The van der Waals surface area contributed by atoms with E-state index in [0.717, 1.165) is 60.4 Å². The molecule has 0 aromatic carbocycles. The fraction of sp³-hybridized carbons (Fsp3) is 0.591. The summed E-state index contributed by atoms with van der Waals surface area (Å²) in [6, 6.07) is 0. The lowest BCUT2D eigenvalue weighted by molar-refractivity contribution is 0.0392. The first-order valence-electron chi connectivity index (χ1n) is 11.0. The lowest BCUT2D eigenvalue weighted by Gasteiger charge is -2.33. The number of alkyl halides is 1. The Balaban J connectivity index is 1.53. The van der Waals surface area contributed by atoms with Crippen LogP contribution >= 0.6 is 11.6 Å². The van der Waals surface area contributed by atoms with Crippen molar-refractivity contribution in [2.45, 2.75) is 56.9 Å². The van der Waals surface area contributed by atoms with Crippen molar-refractivity contribution in [2.75, 3.05) is 24.6 Å². The average Bonchev–Trinajstić information content (AvgIpc) is 3.21. The molecule has 9 heteroatoms. The number of rotatable bonds is 3. The first-order chi connectivity index (χ1) is 15.0. The maximum Gasteiger partial charge on any atom is 0.227 e. The van der Waals surface area contributed by atoms with Crippen LogP contribution in [0.3, 0.4) is 0 Å². The Morgan fingerprint density at radius 2 is 1.81 bits per heavy atom. The molecule has 1 atom stereocenters. The average molecular weight is 442 g/mol. The molecule has 2 aliphatic rings. The van der Waals surface area contributed by atoms with Crippen molar-refractivity contribution in [1.82, 2.24) is 29.7 Å². The number of hydrogen-bond donors (Lipinski definition) is 0. The smallest absolute Gasteiger partial charge is 0.227 e. The monoisotopic (exact) mass is 441 g/mol. The molecular weight excluding hydrogens is 414 g/mol. The lowest BCUT2D eigenvalue weighted by Crippen LogP contribution is -2.39. The van der Waals surface area contributed by atoms with Crippen molar-refractivity contribution < 1.29 is 4.74 Å². The minimum Gasteiger partial charge on any atom is -0.370 e. The molecule has 0 amide bonds. The Labute approximate surface area is 187 Å². The molecule has 0 unspecified atom stereocenters. The van der Waals surface area contributed by atoms with Gasteiger partial charge in [0.2, 0.25) is 5.95 Å². The highest BCUT2D eigenvalue weighted by Gasteiger charge is 2.29. The Morgan fingerprint density at radius 1 is 1.03 bits per heavy atom. The molecule has 0 radical (unpaired) electrons. The molecule has 1 saturated heterocycles. The third-order valence-corrected chi connectivity index (χ3v) is 6.88. The second kappa shape index (κ2) is 8.31. The largest absolute Gasteiger partial charge is 0.370 e. The van der Waals surface area contributed by atoms with Gasteiger partial charge in [-0.1, -0.05) is 0 Å². The van der Waals surface area contributed by atoms with Gasteiger partial charge in [0.1, 0.15) is 11.6 Å². The maximum atomic E-state index is 6.37. The van der Waals surface area contributed by atoms with Crippen molar-refractivity contribution in [3.63, 3.8) is 0 Å². The molecule has 4 heterocycles. The predicted molar refractivity (Wildman–Crippen MR) is 120 cm³/mol. The van der Waals surface area contributed by atoms with E-state index in [1.54, 1.807) is 4.68 Å². The zero-order valence-corrected chi connectivity index (χ0v) is 19.0. The summed E-state index contributed by atoms with van der Waals surface area (Å²) in [5.74, 6) is 1.05. The second-order valence-electron chi connectivity index (χ2n) is 8.68. The molecular formula is C22H28ClN7O. The number of anilines is 1. The molecule has 8 nitrogen and oxygen atoms in total. The molecule has 2 fully saturated rings. The predicted octanol–water partition coefficient (Wildman–Crippen LogP) is 3.61. The van der Waals surface area contributed by atoms with Gasteiger partial charge in [-0.2, -0.15) is 10.1 Å². The van der Waals surface area contributed by atoms with Crippen LogP contribution in [0.15, 0.2) is 12.4 Å². The molecule has 5 rings (SSSR count). The van der Waals surface area contributed by atoms with Crippen LogP contribution in [0.2, 0.25) is 0 Å². The summed E-state index contributed by atoms with van der Waals surface area (Å²) in [6.45, 7) is 6.02. The van der Waals surface area contributed by atoms with E-state index in [-0.39, 0.29) is 11.5 Å². The van der Waals surface area contributed by atoms with Crippen molar-refractivity contribution in [1.29, 1.82) is 0 Å².